The maximum atomic E-state index is 12.1. The lowest BCUT2D eigenvalue weighted by Crippen LogP contribution is -2.33. The highest BCUT2D eigenvalue weighted by Crippen LogP contribution is 2.17. The Hall–Kier alpha value is -2.89. The molecule has 6 heteroatoms. The van der Waals surface area contributed by atoms with Gasteiger partial charge in [0.25, 0.3) is 5.91 Å². The first-order valence-electron chi connectivity index (χ1n) is 6.90. The van der Waals surface area contributed by atoms with Crippen LogP contribution in [0.2, 0.25) is 0 Å². The molecule has 0 aliphatic carbocycles. The number of nitrogens with one attached hydrogen (secondary N) is 2. The van der Waals surface area contributed by atoms with Crippen LogP contribution in [-0.2, 0) is 4.79 Å². The number of hydrogen-bond donors (Lipinski definition) is 2. The normalized spacial score (nSPS) is 9.86. The fourth-order valence-electron chi connectivity index (χ4n) is 1.83. The van der Waals surface area contributed by atoms with E-state index in [-0.39, 0.29) is 18.4 Å². The van der Waals surface area contributed by atoms with Crippen molar-refractivity contribution in [2.45, 2.75) is 6.92 Å². The Bertz CT molecular complexity index is 644. The molecule has 0 aliphatic heterocycles. The van der Waals surface area contributed by atoms with Crippen molar-refractivity contribution in [3.63, 3.8) is 0 Å². The van der Waals surface area contributed by atoms with Crippen molar-refractivity contribution in [1.29, 1.82) is 0 Å². The number of hydrogen-bond acceptors (Lipinski definition) is 4. The summed E-state index contributed by atoms with van der Waals surface area (Å²) in [5.74, 6) is -0.184. The molecular weight excluding hydrogens is 282 g/mol. The fraction of sp³-hybridized carbons (Fsp3) is 0.188. The second-order valence-corrected chi connectivity index (χ2v) is 4.40. The number of nitrogens with zero attached hydrogens (tertiary/aromatic N) is 1. The molecule has 2 aromatic rings. The SMILES string of the molecule is CCOc1ccccc1C(=O)NCC(=O)Nc1cccnc1. The predicted octanol–water partition coefficient (Wildman–Crippen LogP) is 1.85. The summed E-state index contributed by atoms with van der Waals surface area (Å²) < 4.78 is 5.39. The van der Waals surface area contributed by atoms with Crippen molar-refractivity contribution < 1.29 is 14.3 Å². The summed E-state index contributed by atoms with van der Waals surface area (Å²) in [6.07, 6.45) is 3.15. The summed E-state index contributed by atoms with van der Waals surface area (Å²) in [5.41, 5.74) is 0.981. The lowest BCUT2D eigenvalue weighted by Gasteiger charge is -2.10. The van der Waals surface area contributed by atoms with E-state index in [4.69, 9.17) is 4.74 Å². The molecule has 1 aromatic carbocycles. The Morgan fingerprint density at radius 3 is 2.73 bits per heavy atom. The molecular formula is C16H17N3O3. The van der Waals surface area contributed by atoms with E-state index in [9.17, 15) is 9.59 Å². The van der Waals surface area contributed by atoms with Crippen LogP contribution in [0.4, 0.5) is 5.69 Å². The minimum absolute atomic E-state index is 0.131. The van der Waals surface area contributed by atoms with Crippen LogP contribution >= 0.6 is 0 Å². The van der Waals surface area contributed by atoms with E-state index in [0.29, 0.717) is 23.6 Å². The van der Waals surface area contributed by atoms with Gasteiger partial charge < -0.3 is 15.4 Å². The maximum Gasteiger partial charge on any atom is 0.255 e. The lowest BCUT2D eigenvalue weighted by atomic mass is 10.2. The topological polar surface area (TPSA) is 80.3 Å². The second-order valence-electron chi connectivity index (χ2n) is 4.40. The van der Waals surface area contributed by atoms with Crippen molar-refractivity contribution >= 4 is 17.5 Å². The van der Waals surface area contributed by atoms with E-state index in [2.05, 4.69) is 15.6 Å². The zero-order valence-electron chi connectivity index (χ0n) is 12.2. The minimum atomic E-state index is -0.356. The number of anilines is 1. The Balaban J connectivity index is 1.91. The third kappa shape index (κ3) is 4.31. The molecule has 0 saturated heterocycles. The zero-order chi connectivity index (χ0) is 15.8. The Morgan fingerprint density at radius 2 is 2.00 bits per heavy atom. The molecule has 0 bridgehead atoms. The van der Waals surface area contributed by atoms with Crippen molar-refractivity contribution in [2.24, 2.45) is 0 Å². The van der Waals surface area contributed by atoms with E-state index in [1.165, 1.54) is 6.20 Å². The molecule has 2 N–H and O–H groups in total. The largest absolute Gasteiger partial charge is 0.493 e. The lowest BCUT2D eigenvalue weighted by molar-refractivity contribution is -0.115. The highest BCUT2D eigenvalue weighted by Gasteiger charge is 2.12. The maximum absolute atomic E-state index is 12.1. The number of aromatic nitrogens is 1. The molecule has 0 radical (unpaired) electrons. The third-order valence-electron chi connectivity index (χ3n) is 2.79. The van der Waals surface area contributed by atoms with E-state index in [1.54, 1.807) is 42.6 Å². The van der Waals surface area contributed by atoms with Gasteiger partial charge in [-0.15, -0.1) is 0 Å². The summed E-state index contributed by atoms with van der Waals surface area (Å²) in [6, 6.07) is 10.3. The summed E-state index contributed by atoms with van der Waals surface area (Å²) in [4.78, 5) is 27.8. The average Bonchev–Trinajstić information content (AvgIpc) is 2.54. The van der Waals surface area contributed by atoms with Crippen LogP contribution < -0.4 is 15.4 Å². The Morgan fingerprint density at radius 1 is 1.18 bits per heavy atom. The van der Waals surface area contributed by atoms with E-state index >= 15 is 0 Å². The van der Waals surface area contributed by atoms with Crippen LogP contribution in [0.25, 0.3) is 0 Å². The first kappa shape index (κ1) is 15.5. The van der Waals surface area contributed by atoms with Gasteiger partial charge in [0.2, 0.25) is 5.91 Å². The van der Waals surface area contributed by atoms with Gasteiger partial charge in [-0.3, -0.25) is 14.6 Å². The number of ether oxygens (including phenoxy) is 1. The van der Waals surface area contributed by atoms with E-state index in [1.807, 2.05) is 6.92 Å². The first-order chi connectivity index (χ1) is 10.7. The molecule has 0 atom stereocenters. The molecule has 22 heavy (non-hydrogen) atoms. The summed E-state index contributed by atoms with van der Waals surface area (Å²) in [6.45, 7) is 2.18. The first-order valence-corrected chi connectivity index (χ1v) is 6.90. The zero-order valence-corrected chi connectivity index (χ0v) is 12.2. The number of amides is 2. The number of rotatable bonds is 6. The standard InChI is InChI=1S/C16H17N3O3/c1-2-22-14-8-4-3-7-13(14)16(21)18-11-15(20)19-12-6-5-9-17-10-12/h3-10H,2,11H2,1H3,(H,18,21)(H,19,20). The number of pyridine rings is 1. The van der Waals surface area contributed by atoms with E-state index < -0.39 is 0 Å². The second kappa shape index (κ2) is 7.78. The van der Waals surface area contributed by atoms with Crippen molar-refractivity contribution in [3.8, 4) is 5.75 Å². The van der Waals surface area contributed by atoms with Crippen LogP contribution in [0.5, 0.6) is 5.75 Å². The van der Waals surface area contributed by atoms with Gasteiger partial charge in [-0.2, -0.15) is 0 Å². The van der Waals surface area contributed by atoms with Crippen LogP contribution in [-0.4, -0.2) is 29.9 Å². The number of para-hydroxylation sites is 1. The molecule has 114 valence electrons. The van der Waals surface area contributed by atoms with Gasteiger partial charge in [-0.25, -0.2) is 0 Å². The van der Waals surface area contributed by atoms with Gasteiger partial charge in [0.1, 0.15) is 5.75 Å². The van der Waals surface area contributed by atoms with Crippen LogP contribution in [0, 0.1) is 0 Å². The van der Waals surface area contributed by atoms with Crippen LogP contribution in [0.3, 0.4) is 0 Å². The molecule has 2 amide bonds. The van der Waals surface area contributed by atoms with Crippen molar-refractivity contribution in [3.05, 3.63) is 54.4 Å². The van der Waals surface area contributed by atoms with Gasteiger partial charge in [0.05, 0.1) is 30.6 Å². The number of carbonyl (C=O) groups is 2. The summed E-state index contributed by atoms with van der Waals surface area (Å²) in [5, 5.41) is 5.21. The monoisotopic (exact) mass is 299 g/mol. The predicted molar refractivity (Wildman–Crippen MR) is 82.8 cm³/mol. The third-order valence-corrected chi connectivity index (χ3v) is 2.79. The van der Waals surface area contributed by atoms with Gasteiger partial charge in [-0.05, 0) is 31.2 Å². The summed E-state index contributed by atoms with van der Waals surface area (Å²) >= 11 is 0. The molecule has 1 aromatic heterocycles. The van der Waals surface area contributed by atoms with Gasteiger partial charge in [-0.1, -0.05) is 12.1 Å². The quantitative estimate of drug-likeness (QED) is 0.853. The highest BCUT2D eigenvalue weighted by molar-refractivity contribution is 6.00. The van der Waals surface area contributed by atoms with Gasteiger partial charge >= 0.3 is 0 Å². The molecule has 0 unspecified atom stereocenters. The smallest absolute Gasteiger partial charge is 0.255 e. The van der Waals surface area contributed by atoms with Crippen molar-refractivity contribution in [2.75, 3.05) is 18.5 Å². The molecule has 0 spiro atoms. The van der Waals surface area contributed by atoms with Crippen molar-refractivity contribution in [1.82, 2.24) is 10.3 Å². The molecule has 6 nitrogen and oxygen atoms in total. The molecule has 0 fully saturated rings. The number of carbonyl (C=O) groups excluding carboxylic acids is 2. The Labute approximate surface area is 128 Å². The Kier molecular flexibility index (Phi) is 5.48. The minimum Gasteiger partial charge on any atom is -0.493 e. The van der Waals surface area contributed by atoms with Gasteiger partial charge in [0.15, 0.2) is 0 Å². The van der Waals surface area contributed by atoms with Gasteiger partial charge in [0, 0.05) is 6.20 Å². The van der Waals surface area contributed by atoms with Crippen LogP contribution in [0.15, 0.2) is 48.8 Å². The summed E-state index contributed by atoms with van der Waals surface area (Å²) in [7, 11) is 0. The molecule has 2 rings (SSSR count). The molecule has 0 aliphatic rings. The molecule has 0 saturated carbocycles. The number of benzene rings is 1. The fourth-order valence-corrected chi connectivity index (χ4v) is 1.83. The van der Waals surface area contributed by atoms with Crippen LogP contribution in [0.1, 0.15) is 17.3 Å². The highest BCUT2D eigenvalue weighted by atomic mass is 16.5. The molecule has 1 heterocycles. The van der Waals surface area contributed by atoms with E-state index in [0.717, 1.165) is 0 Å². The average molecular weight is 299 g/mol.